The maximum absolute atomic E-state index is 6.13. The highest BCUT2D eigenvalue weighted by molar-refractivity contribution is 7.55. The van der Waals surface area contributed by atoms with Crippen molar-refractivity contribution in [3.63, 3.8) is 0 Å². The summed E-state index contributed by atoms with van der Waals surface area (Å²) in [5.74, 6) is 1.67. The van der Waals surface area contributed by atoms with Crippen molar-refractivity contribution in [3.05, 3.63) is 158 Å². The number of benzene rings is 6. The van der Waals surface area contributed by atoms with Crippen molar-refractivity contribution in [3.8, 4) is 33.8 Å². The van der Waals surface area contributed by atoms with Gasteiger partial charge in [0.15, 0.2) is 0 Å². The SMILES string of the molecule is c1ccc(Pc2ccc(-c3ccc(Oc4ccc(-c5ccc(Pc6ccccc6)cc5)cc4)cc3)cc2)cc1. The molecule has 6 aromatic rings. The average molecular weight is 539 g/mol. The molecule has 6 aromatic carbocycles. The number of hydrogen-bond acceptors (Lipinski definition) is 1. The minimum absolute atomic E-state index is 0.676. The molecule has 0 saturated carbocycles. The molecule has 0 bridgehead atoms. The van der Waals surface area contributed by atoms with Crippen LogP contribution in [0.4, 0.5) is 0 Å². The Morgan fingerprint density at radius 3 is 0.897 bits per heavy atom. The first-order chi connectivity index (χ1) is 19.3. The van der Waals surface area contributed by atoms with Gasteiger partial charge in [-0.3, -0.25) is 0 Å². The summed E-state index contributed by atoms with van der Waals surface area (Å²) in [7, 11) is 1.35. The van der Waals surface area contributed by atoms with Crippen LogP contribution < -0.4 is 26.0 Å². The Bertz CT molecular complexity index is 1480. The monoisotopic (exact) mass is 538 g/mol. The van der Waals surface area contributed by atoms with E-state index >= 15 is 0 Å². The quantitative estimate of drug-likeness (QED) is 0.178. The smallest absolute Gasteiger partial charge is 0.127 e. The maximum Gasteiger partial charge on any atom is 0.127 e. The number of ether oxygens (including phenoxy) is 1. The van der Waals surface area contributed by atoms with Crippen LogP contribution in [0.15, 0.2) is 158 Å². The van der Waals surface area contributed by atoms with Gasteiger partial charge in [-0.1, -0.05) is 151 Å². The molecule has 1 nitrogen and oxygen atoms in total. The molecule has 0 aliphatic rings. The van der Waals surface area contributed by atoms with Gasteiger partial charge in [-0.15, -0.1) is 0 Å². The van der Waals surface area contributed by atoms with Gasteiger partial charge in [0.05, 0.1) is 0 Å². The van der Waals surface area contributed by atoms with E-state index in [2.05, 4.69) is 133 Å². The minimum atomic E-state index is 0.676. The second kappa shape index (κ2) is 12.2. The first-order valence-corrected chi connectivity index (χ1v) is 15.0. The van der Waals surface area contributed by atoms with E-state index in [-0.39, 0.29) is 0 Å². The van der Waals surface area contributed by atoms with Crippen LogP contribution in [0.25, 0.3) is 22.3 Å². The highest BCUT2D eigenvalue weighted by Gasteiger charge is 2.04. The lowest BCUT2D eigenvalue weighted by atomic mass is 10.1. The second-order valence-electron chi connectivity index (χ2n) is 9.29. The van der Waals surface area contributed by atoms with Crippen molar-refractivity contribution in [1.82, 2.24) is 0 Å². The third-order valence-electron chi connectivity index (χ3n) is 6.51. The van der Waals surface area contributed by atoms with Crippen molar-refractivity contribution < 1.29 is 4.74 Å². The molecule has 0 amide bonds. The third kappa shape index (κ3) is 6.71. The van der Waals surface area contributed by atoms with Gasteiger partial charge in [-0.05, 0) is 67.7 Å². The van der Waals surface area contributed by atoms with E-state index in [9.17, 15) is 0 Å². The summed E-state index contributed by atoms with van der Waals surface area (Å²) in [6.07, 6.45) is 0. The Labute approximate surface area is 234 Å². The Kier molecular flexibility index (Phi) is 7.92. The standard InChI is InChI=1S/C36H28OP2/c1-3-7-33(8-4-1)38-35-23-15-29(16-24-35)27-11-19-31(20-12-27)37-32-21-13-28(14-22-32)30-17-25-36(26-18-30)39-34-9-5-2-6-10-34/h1-26,38-39H. The predicted octanol–water partition coefficient (Wildman–Crippen LogP) is 8.07. The topological polar surface area (TPSA) is 9.23 Å². The Balaban J connectivity index is 1.06. The van der Waals surface area contributed by atoms with Gasteiger partial charge in [0.25, 0.3) is 0 Å². The van der Waals surface area contributed by atoms with E-state index in [4.69, 9.17) is 4.74 Å². The summed E-state index contributed by atoms with van der Waals surface area (Å²) in [6, 6.07) is 55.6. The Morgan fingerprint density at radius 1 is 0.282 bits per heavy atom. The molecule has 0 spiro atoms. The zero-order valence-electron chi connectivity index (χ0n) is 21.4. The van der Waals surface area contributed by atoms with Crippen molar-refractivity contribution in [2.45, 2.75) is 0 Å². The molecular weight excluding hydrogens is 510 g/mol. The molecule has 0 saturated heterocycles. The zero-order chi connectivity index (χ0) is 26.3. The van der Waals surface area contributed by atoms with E-state index in [0.29, 0.717) is 17.2 Å². The summed E-state index contributed by atoms with van der Waals surface area (Å²) in [6.45, 7) is 0. The molecule has 0 heterocycles. The summed E-state index contributed by atoms with van der Waals surface area (Å²) >= 11 is 0. The van der Waals surface area contributed by atoms with Crippen LogP contribution in [-0.2, 0) is 0 Å². The highest BCUT2D eigenvalue weighted by atomic mass is 31.1. The van der Waals surface area contributed by atoms with E-state index < -0.39 is 0 Å². The molecular formula is C36H28OP2. The summed E-state index contributed by atoms with van der Waals surface area (Å²) in [4.78, 5) is 0. The molecule has 0 aromatic heterocycles. The Morgan fingerprint density at radius 2 is 0.564 bits per heavy atom. The molecule has 0 radical (unpaired) electrons. The lowest BCUT2D eigenvalue weighted by Crippen LogP contribution is -2.02. The van der Waals surface area contributed by atoms with Crippen molar-refractivity contribution >= 4 is 38.4 Å². The largest absolute Gasteiger partial charge is 0.457 e. The fourth-order valence-electron chi connectivity index (χ4n) is 4.44. The van der Waals surface area contributed by atoms with Crippen LogP contribution >= 0.6 is 17.2 Å². The zero-order valence-corrected chi connectivity index (χ0v) is 23.4. The predicted molar refractivity (Wildman–Crippen MR) is 172 cm³/mol. The van der Waals surface area contributed by atoms with Crippen molar-refractivity contribution in [2.24, 2.45) is 0 Å². The molecule has 39 heavy (non-hydrogen) atoms. The molecule has 188 valence electrons. The van der Waals surface area contributed by atoms with Gasteiger partial charge < -0.3 is 4.74 Å². The summed E-state index contributed by atoms with van der Waals surface area (Å²) in [5.41, 5.74) is 4.79. The molecule has 0 aliphatic heterocycles. The van der Waals surface area contributed by atoms with Crippen LogP contribution in [-0.4, -0.2) is 0 Å². The third-order valence-corrected chi connectivity index (χ3v) is 8.99. The van der Waals surface area contributed by atoms with E-state index in [1.54, 1.807) is 0 Å². The lowest BCUT2D eigenvalue weighted by Gasteiger charge is -2.09. The van der Waals surface area contributed by atoms with Crippen LogP contribution in [0.3, 0.4) is 0 Å². The van der Waals surface area contributed by atoms with Crippen LogP contribution in [0.5, 0.6) is 11.5 Å². The number of hydrogen-bond donors (Lipinski definition) is 0. The van der Waals surface area contributed by atoms with Crippen molar-refractivity contribution in [1.29, 1.82) is 0 Å². The second-order valence-corrected chi connectivity index (χ2v) is 12.1. The highest BCUT2D eigenvalue weighted by Crippen LogP contribution is 2.28. The molecule has 3 heteroatoms. The van der Waals surface area contributed by atoms with Gasteiger partial charge in [0.1, 0.15) is 11.5 Å². The van der Waals surface area contributed by atoms with Gasteiger partial charge in [-0.25, -0.2) is 0 Å². The van der Waals surface area contributed by atoms with E-state index in [0.717, 1.165) is 11.5 Å². The summed E-state index contributed by atoms with van der Waals surface area (Å²) in [5, 5.41) is 5.40. The lowest BCUT2D eigenvalue weighted by molar-refractivity contribution is 0.483. The molecule has 2 unspecified atom stereocenters. The molecule has 0 fully saturated rings. The number of rotatable bonds is 8. The first kappa shape index (κ1) is 25.3. The fourth-order valence-corrected chi connectivity index (χ4v) is 6.49. The van der Waals surface area contributed by atoms with Gasteiger partial charge >= 0.3 is 0 Å². The van der Waals surface area contributed by atoms with Gasteiger partial charge in [0.2, 0.25) is 0 Å². The summed E-state index contributed by atoms with van der Waals surface area (Å²) < 4.78 is 6.13. The molecule has 6 rings (SSSR count). The van der Waals surface area contributed by atoms with Crippen LogP contribution in [0.2, 0.25) is 0 Å². The average Bonchev–Trinajstić information content (AvgIpc) is 3.00. The van der Waals surface area contributed by atoms with Gasteiger partial charge in [-0.2, -0.15) is 0 Å². The van der Waals surface area contributed by atoms with Crippen molar-refractivity contribution in [2.75, 3.05) is 0 Å². The van der Waals surface area contributed by atoms with Crippen LogP contribution in [0.1, 0.15) is 0 Å². The molecule has 2 atom stereocenters. The van der Waals surface area contributed by atoms with Gasteiger partial charge in [0, 0.05) is 0 Å². The Hall–Kier alpha value is -4.02. The normalized spacial score (nSPS) is 11.4. The van der Waals surface area contributed by atoms with Crippen LogP contribution in [0, 0.1) is 0 Å². The van der Waals surface area contributed by atoms with E-state index in [1.807, 2.05) is 24.3 Å². The maximum atomic E-state index is 6.13. The first-order valence-electron chi connectivity index (χ1n) is 13.0. The molecule has 0 aliphatic carbocycles. The molecule has 0 N–H and O–H groups in total. The van der Waals surface area contributed by atoms with E-state index in [1.165, 1.54) is 43.5 Å². The fraction of sp³-hybridized carbons (Fsp3) is 0. The minimum Gasteiger partial charge on any atom is -0.457 e.